The Bertz CT molecular complexity index is 1100. The zero-order valence-electron chi connectivity index (χ0n) is 18.2. The standard InChI is InChI=1S/C24H24BrN3O4S/c1-29-19-9-6-10-20(15-19)31-11-12-32-23-21(25)13-17(14-22(23)30-2)16-26-28-24(33)27-18-7-4-3-5-8-18/h3-10,13-16H,11-12H2,1-2H3,(H2,27,28,33)/b26-16-. The average molecular weight is 530 g/mol. The minimum Gasteiger partial charge on any atom is -0.497 e. The maximum absolute atomic E-state index is 5.88. The Kier molecular flexibility index (Phi) is 9.34. The molecule has 0 atom stereocenters. The first-order chi connectivity index (χ1) is 16.1. The summed E-state index contributed by atoms with van der Waals surface area (Å²) in [4.78, 5) is 0. The number of halogens is 1. The molecule has 0 radical (unpaired) electrons. The van der Waals surface area contributed by atoms with Gasteiger partial charge in [0.1, 0.15) is 24.7 Å². The zero-order chi connectivity index (χ0) is 23.5. The van der Waals surface area contributed by atoms with E-state index in [-0.39, 0.29) is 0 Å². The van der Waals surface area contributed by atoms with Crippen LogP contribution in [0.25, 0.3) is 0 Å². The van der Waals surface area contributed by atoms with E-state index in [0.717, 1.165) is 21.5 Å². The van der Waals surface area contributed by atoms with Crippen LogP contribution in [0.15, 0.2) is 76.3 Å². The van der Waals surface area contributed by atoms with Gasteiger partial charge in [0.15, 0.2) is 16.6 Å². The summed E-state index contributed by atoms with van der Waals surface area (Å²) in [5.41, 5.74) is 4.47. The van der Waals surface area contributed by atoms with Crippen LogP contribution in [0.3, 0.4) is 0 Å². The Labute approximate surface area is 206 Å². The Hall–Kier alpha value is -3.30. The second-order valence-electron chi connectivity index (χ2n) is 6.60. The number of hydrogen-bond donors (Lipinski definition) is 2. The van der Waals surface area contributed by atoms with Gasteiger partial charge in [-0.05, 0) is 70.1 Å². The van der Waals surface area contributed by atoms with E-state index in [0.29, 0.717) is 35.6 Å². The van der Waals surface area contributed by atoms with Crippen LogP contribution in [0.5, 0.6) is 23.0 Å². The van der Waals surface area contributed by atoms with E-state index in [9.17, 15) is 0 Å². The molecule has 9 heteroatoms. The van der Waals surface area contributed by atoms with Crippen LogP contribution in [0.4, 0.5) is 5.69 Å². The number of ether oxygens (including phenoxy) is 4. The van der Waals surface area contributed by atoms with Crippen LogP contribution in [-0.4, -0.2) is 38.8 Å². The molecule has 7 nitrogen and oxygen atoms in total. The molecule has 0 fully saturated rings. The number of benzene rings is 3. The van der Waals surface area contributed by atoms with Crippen LogP contribution >= 0.6 is 28.1 Å². The molecule has 0 bridgehead atoms. The van der Waals surface area contributed by atoms with Crippen molar-refractivity contribution in [1.82, 2.24) is 5.43 Å². The highest BCUT2D eigenvalue weighted by Gasteiger charge is 2.11. The van der Waals surface area contributed by atoms with Crippen LogP contribution < -0.4 is 29.7 Å². The van der Waals surface area contributed by atoms with Crippen molar-refractivity contribution in [2.45, 2.75) is 0 Å². The third-order valence-electron chi connectivity index (χ3n) is 4.30. The number of anilines is 1. The molecule has 0 saturated heterocycles. The number of nitrogens with one attached hydrogen (secondary N) is 2. The fourth-order valence-corrected chi connectivity index (χ4v) is 3.54. The minimum atomic E-state index is 0.334. The van der Waals surface area contributed by atoms with E-state index in [2.05, 4.69) is 31.8 Å². The highest BCUT2D eigenvalue weighted by molar-refractivity contribution is 9.10. The van der Waals surface area contributed by atoms with Gasteiger partial charge in [-0.3, -0.25) is 5.43 Å². The molecule has 0 aliphatic heterocycles. The van der Waals surface area contributed by atoms with Gasteiger partial charge in [-0.15, -0.1) is 0 Å². The Morgan fingerprint density at radius 2 is 1.70 bits per heavy atom. The minimum absolute atomic E-state index is 0.334. The van der Waals surface area contributed by atoms with Crippen molar-refractivity contribution >= 4 is 45.2 Å². The average Bonchev–Trinajstić information content (AvgIpc) is 2.83. The predicted octanol–water partition coefficient (Wildman–Crippen LogP) is 5.24. The Morgan fingerprint density at radius 1 is 0.939 bits per heavy atom. The molecule has 0 unspecified atom stereocenters. The van der Waals surface area contributed by atoms with Crippen LogP contribution in [0, 0.1) is 0 Å². The number of hydrogen-bond acceptors (Lipinski definition) is 6. The Morgan fingerprint density at radius 3 is 2.45 bits per heavy atom. The van der Waals surface area contributed by atoms with Gasteiger partial charge >= 0.3 is 0 Å². The first-order valence-electron chi connectivity index (χ1n) is 10.0. The number of para-hydroxylation sites is 1. The molecule has 3 aromatic carbocycles. The smallest absolute Gasteiger partial charge is 0.191 e. The summed E-state index contributed by atoms with van der Waals surface area (Å²) in [6.45, 7) is 0.697. The van der Waals surface area contributed by atoms with Crippen molar-refractivity contribution in [2.24, 2.45) is 5.10 Å². The molecule has 172 valence electrons. The summed E-state index contributed by atoms with van der Waals surface area (Å²) >= 11 is 8.78. The van der Waals surface area contributed by atoms with Crippen molar-refractivity contribution in [1.29, 1.82) is 0 Å². The lowest BCUT2D eigenvalue weighted by Gasteiger charge is -2.14. The lowest BCUT2D eigenvalue weighted by Crippen LogP contribution is -2.23. The largest absolute Gasteiger partial charge is 0.497 e. The molecule has 0 saturated carbocycles. The van der Waals surface area contributed by atoms with Gasteiger partial charge in [0.05, 0.1) is 24.9 Å². The van der Waals surface area contributed by atoms with E-state index < -0.39 is 0 Å². The molecule has 3 rings (SSSR count). The fraction of sp³-hybridized carbons (Fsp3) is 0.167. The molecular weight excluding hydrogens is 506 g/mol. The van der Waals surface area contributed by atoms with Crippen molar-refractivity contribution in [3.05, 3.63) is 76.8 Å². The van der Waals surface area contributed by atoms with Gasteiger partial charge in [0.25, 0.3) is 0 Å². The quantitative estimate of drug-likeness (QED) is 0.161. The summed E-state index contributed by atoms with van der Waals surface area (Å²) in [5, 5.41) is 7.62. The normalized spacial score (nSPS) is 10.5. The summed E-state index contributed by atoms with van der Waals surface area (Å²) < 4.78 is 23.0. The number of hydrazone groups is 1. The monoisotopic (exact) mass is 529 g/mol. The molecule has 0 spiro atoms. The lowest BCUT2D eigenvalue weighted by molar-refractivity contribution is 0.210. The predicted molar refractivity (Wildman–Crippen MR) is 138 cm³/mol. The van der Waals surface area contributed by atoms with Gasteiger partial charge in [-0.1, -0.05) is 24.3 Å². The SMILES string of the molecule is COc1cccc(OCCOc2c(Br)cc(/C=N\NC(=S)Nc3ccccc3)cc2OC)c1. The van der Waals surface area contributed by atoms with Crippen molar-refractivity contribution < 1.29 is 18.9 Å². The second kappa shape index (κ2) is 12.7. The number of thiocarbonyl (C=S) groups is 1. The van der Waals surface area contributed by atoms with Gasteiger partial charge in [-0.25, -0.2) is 0 Å². The zero-order valence-corrected chi connectivity index (χ0v) is 20.6. The van der Waals surface area contributed by atoms with Gasteiger partial charge < -0.3 is 24.3 Å². The fourth-order valence-electron chi connectivity index (χ4n) is 2.79. The third kappa shape index (κ3) is 7.65. The molecule has 0 aliphatic carbocycles. The molecular formula is C24H24BrN3O4S. The van der Waals surface area contributed by atoms with E-state index >= 15 is 0 Å². The van der Waals surface area contributed by atoms with Crippen LogP contribution in [0.1, 0.15) is 5.56 Å². The summed E-state index contributed by atoms with van der Waals surface area (Å²) in [7, 11) is 3.20. The first kappa shape index (κ1) is 24.3. The van der Waals surface area contributed by atoms with Crippen LogP contribution in [0.2, 0.25) is 0 Å². The van der Waals surface area contributed by atoms with E-state index in [1.165, 1.54) is 0 Å². The van der Waals surface area contributed by atoms with Gasteiger partial charge in [0, 0.05) is 11.8 Å². The Balaban J connectivity index is 1.53. The van der Waals surface area contributed by atoms with E-state index in [1.54, 1.807) is 20.4 Å². The molecule has 0 aliphatic rings. The van der Waals surface area contributed by atoms with Crippen LogP contribution in [-0.2, 0) is 0 Å². The van der Waals surface area contributed by atoms with Gasteiger partial charge in [0.2, 0.25) is 0 Å². The number of rotatable bonds is 10. The highest BCUT2D eigenvalue weighted by atomic mass is 79.9. The van der Waals surface area contributed by atoms with E-state index in [4.69, 9.17) is 31.2 Å². The summed E-state index contributed by atoms with van der Waals surface area (Å²) in [5.74, 6) is 2.60. The maximum atomic E-state index is 5.88. The van der Waals surface area contributed by atoms with Crippen molar-refractivity contribution in [3.8, 4) is 23.0 Å². The van der Waals surface area contributed by atoms with E-state index in [1.807, 2.05) is 66.7 Å². The maximum Gasteiger partial charge on any atom is 0.191 e. The van der Waals surface area contributed by atoms with Crippen molar-refractivity contribution in [2.75, 3.05) is 32.8 Å². The summed E-state index contributed by atoms with van der Waals surface area (Å²) in [6.07, 6.45) is 1.64. The number of nitrogens with zero attached hydrogens (tertiary/aromatic N) is 1. The third-order valence-corrected chi connectivity index (χ3v) is 5.09. The first-order valence-corrected chi connectivity index (χ1v) is 11.2. The summed E-state index contributed by atoms with van der Waals surface area (Å²) in [6, 6.07) is 20.7. The van der Waals surface area contributed by atoms with Gasteiger partial charge in [-0.2, -0.15) is 5.10 Å². The lowest BCUT2D eigenvalue weighted by atomic mass is 10.2. The second-order valence-corrected chi connectivity index (χ2v) is 7.86. The van der Waals surface area contributed by atoms with Crippen molar-refractivity contribution in [3.63, 3.8) is 0 Å². The molecule has 2 N–H and O–H groups in total. The molecule has 0 amide bonds. The molecule has 33 heavy (non-hydrogen) atoms. The molecule has 0 heterocycles. The molecule has 0 aromatic heterocycles. The topological polar surface area (TPSA) is 73.3 Å². The molecule has 3 aromatic rings. The highest BCUT2D eigenvalue weighted by Crippen LogP contribution is 2.36. The number of methoxy groups -OCH3 is 2.